The molecule has 9 nitrogen and oxygen atoms in total. The Kier molecular flexibility index (Phi) is 5.27. The summed E-state index contributed by atoms with van der Waals surface area (Å²) in [5, 5.41) is 13.4. The summed E-state index contributed by atoms with van der Waals surface area (Å²) in [5.74, 6) is -3.75. The Labute approximate surface area is 216 Å². The molecule has 0 radical (unpaired) electrons. The summed E-state index contributed by atoms with van der Waals surface area (Å²) < 4.78 is 5.38. The summed E-state index contributed by atoms with van der Waals surface area (Å²) in [6, 6.07) is 13.6. The predicted octanol–water partition coefficient (Wildman–Crippen LogP) is 4.35. The number of anilines is 2. The average molecular weight is 518 g/mol. The van der Waals surface area contributed by atoms with Gasteiger partial charge in [0.05, 0.1) is 40.1 Å². The first kappa shape index (κ1) is 23.2. The van der Waals surface area contributed by atoms with Crippen molar-refractivity contribution in [2.24, 2.45) is 11.8 Å². The average Bonchev–Trinajstić information content (AvgIpc) is 3.37. The minimum absolute atomic E-state index is 0.0211. The van der Waals surface area contributed by atoms with Gasteiger partial charge in [-0.05, 0) is 29.8 Å². The van der Waals surface area contributed by atoms with E-state index in [1.165, 1.54) is 12.1 Å². The van der Waals surface area contributed by atoms with Crippen LogP contribution in [0.25, 0.3) is 16.8 Å². The fraction of sp³-hybridized carbons (Fsp3) is 0.222. The Balaban J connectivity index is 1.50. The van der Waals surface area contributed by atoms with Crippen molar-refractivity contribution in [3.8, 4) is 0 Å². The molecule has 0 bridgehead atoms. The number of fused-ring (bicyclic) bond motifs is 7. The highest BCUT2D eigenvalue weighted by Crippen LogP contribution is 2.51. The number of nitro groups is 1. The summed E-state index contributed by atoms with van der Waals surface area (Å²) in [6.45, 7) is 1.78. The molecular weight excluding hydrogens is 498 g/mol. The molecule has 186 valence electrons. The number of amides is 2. The van der Waals surface area contributed by atoms with E-state index < -0.39 is 46.6 Å². The molecule has 10 heteroatoms. The number of esters is 1. The van der Waals surface area contributed by atoms with Crippen LogP contribution in [-0.2, 0) is 19.1 Å². The van der Waals surface area contributed by atoms with E-state index in [-0.39, 0.29) is 23.0 Å². The molecule has 2 fully saturated rings. The maximum atomic E-state index is 13.8. The molecule has 0 spiro atoms. The van der Waals surface area contributed by atoms with Crippen LogP contribution in [0, 0.1) is 22.0 Å². The van der Waals surface area contributed by atoms with E-state index in [9.17, 15) is 24.5 Å². The molecule has 2 amide bonds. The molecular formula is C27H20ClN3O6. The van der Waals surface area contributed by atoms with Crippen LogP contribution >= 0.6 is 11.6 Å². The van der Waals surface area contributed by atoms with Gasteiger partial charge in [-0.3, -0.25) is 19.7 Å². The van der Waals surface area contributed by atoms with Gasteiger partial charge in [0.2, 0.25) is 11.8 Å². The van der Waals surface area contributed by atoms with Crippen molar-refractivity contribution in [3.63, 3.8) is 0 Å². The standard InChI is InChI=1S/C27H20ClN3O6/c1-2-37-27(34)24-23-22(25(32)30(26(23)33)21-13-15(31(35)36)8-10-18(21)28)20-12-9-17-16-6-4-3-5-14(16)7-11-19(17)29(20)24/h3-13,20,22-24H,2H2,1H3/t20-,22-,23+,24-/m0/s1. The monoisotopic (exact) mass is 517 g/mol. The van der Waals surface area contributed by atoms with Crippen LogP contribution in [0.1, 0.15) is 12.5 Å². The van der Waals surface area contributed by atoms with Crippen LogP contribution in [0.5, 0.6) is 0 Å². The van der Waals surface area contributed by atoms with Gasteiger partial charge < -0.3 is 9.64 Å². The maximum Gasteiger partial charge on any atom is 0.329 e. The summed E-state index contributed by atoms with van der Waals surface area (Å²) in [7, 11) is 0. The lowest BCUT2D eigenvalue weighted by Gasteiger charge is -2.36. The van der Waals surface area contributed by atoms with Gasteiger partial charge >= 0.3 is 5.97 Å². The van der Waals surface area contributed by atoms with Crippen molar-refractivity contribution in [2.75, 3.05) is 16.4 Å². The molecule has 3 aromatic rings. The van der Waals surface area contributed by atoms with Gasteiger partial charge in [0.25, 0.3) is 5.69 Å². The first-order valence-corrected chi connectivity index (χ1v) is 12.2. The van der Waals surface area contributed by atoms with E-state index in [4.69, 9.17) is 16.3 Å². The normalized spacial score (nSPS) is 23.7. The van der Waals surface area contributed by atoms with E-state index in [1.54, 1.807) is 6.92 Å². The number of benzene rings is 3. The Morgan fingerprint density at radius 1 is 1.05 bits per heavy atom. The Hall–Kier alpha value is -4.24. The van der Waals surface area contributed by atoms with Crippen LogP contribution in [-0.4, -0.2) is 41.4 Å². The highest BCUT2D eigenvalue weighted by atomic mass is 35.5. The van der Waals surface area contributed by atoms with E-state index in [2.05, 4.69) is 0 Å². The molecule has 37 heavy (non-hydrogen) atoms. The third-order valence-electron chi connectivity index (χ3n) is 7.32. The van der Waals surface area contributed by atoms with Crippen LogP contribution in [0.15, 0.2) is 60.7 Å². The van der Waals surface area contributed by atoms with Crippen molar-refractivity contribution in [2.45, 2.75) is 19.0 Å². The lowest BCUT2D eigenvalue weighted by atomic mass is 9.88. The van der Waals surface area contributed by atoms with E-state index in [0.717, 1.165) is 33.0 Å². The zero-order valence-corrected chi connectivity index (χ0v) is 20.3. The number of carbonyl (C=O) groups excluding carboxylic acids is 3. The van der Waals surface area contributed by atoms with Gasteiger partial charge in [0, 0.05) is 23.4 Å². The Morgan fingerprint density at radius 2 is 1.81 bits per heavy atom. The second-order valence-corrected chi connectivity index (χ2v) is 9.54. The number of ether oxygens (including phenoxy) is 1. The molecule has 3 aliphatic heterocycles. The SMILES string of the molecule is CCOC(=O)[C@@H]1[C@@H]2C(=O)N(c3cc([N+](=O)[O-])ccc3Cl)C(=O)[C@H]2[C@@H]2C=Cc3c(ccc4ccccc34)N12. The van der Waals surface area contributed by atoms with Crippen LogP contribution in [0.4, 0.5) is 17.1 Å². The van der Waals surface area contributed by atoms with Gasteiger partial charge in [-0.1, -0.05) is 54.1 Å². The van der Waals surface area contributed by atoms with Crippen molar-refractivity contribution in [1.82, 2.24) is 0 Å². The molecule has 3 aliphatic rings. The molecule has 0 aliphatic carbocycles. The number of rotatable bonds is 4. The third kappa shape index (κ3) is 3.27. The van der Waals surface area contributed by atoms with Crippen LogP contribution in [0.2, 0.25) is 5.02 Å². The second-order valence-electron chi connectivity index (χ2n) is 9.13. The Bertz CT molecular complexity index is 1550. The predicted molar refractivity (Wildman–Crippen MR) is 137 cm³/mol. The number of carbonyl (C=O) groups is 3. The number of non-ortho nitro benzene ring substituents is 1. The molecule has 3 aromatic carbocycles. The number of hydrogen-bond donors (Lipinski definition) is 0. The largest absolute Gasteiger partial charge is 0.464 e. The summed E-state index contributed by atoms with van der Waals surface area (Å²) in [6.07, 6.45) is 3.76. The fourth-order valence-electron chi connectivity index (χ4n) is 5.85. The van der Waals surface area contributed by atoms with Crippen molar-refractivity contribution in [1.29, 1.82) is 0 Å². The summed E-state index contributed by atoms with van der Waals surface area (Å²) >= 11 is 6.29. The zero-order valence-electron chi connectivity index (χ0n) is 19.5. The van der Waals surface area contributed by atoms with Crippen LogP contribution in [0.3, 0.4) is 0 Å². The molecule has 0 unspecified atom stereocenters. The molecule has 0 saturated carbocycles. The summed E-state index contributed by atoms with van der Waals surface area (Å²) in [4.78, 5) is 54.4. The lowest BCUT2D eigenvalue weighted by Crippen LogP contribution is -2.49. The third-order valence-corrected chi connectivity index (χ3v) is 7.64. The van der Waals surface area contributed by atoms with Gasteiger partial charge in [-0.25, -0.2) is 9.69 Å². The summed E-state index contributed by atoms with van der Waals surface area (Å²) in [5.41, 5.74) is 1.25. The van der Waals surface area contributed by atoms with Gasteiger partial charge in [-0.2, -0.15) is 0 Å². The number of halogens is 1. The van der Waals surface area contributed by atoms with Gasteiger partial charge in [0.1, 0.15) is 6.04 Å². The van der Waals surface area contributed by atoms with E-state index in [1.807, 2.05) is 53.5 Å². The Morgan fingerprint density at radius 3 is 2.57 bits per heavy atom. The molecule has 6 rings (SSSR count). The molecule has 4 atom stereocenters. The smallest absolute Gasteiger partial charge is 0.329 e. The number of nitro benzene ring substituents is 1. The van der Waals surface area contributed by atoms with E-state index in [0.29, 0.717) is 0 Å². The lowest BCUT2D eigenvalue weighted by molar-refractivity contribution is -0.384. The second kappa shape index (κ2) is 8.41. The minimum atomic E-state index is -1.06. The van der Waals surface area contributed by atoms with Crippen molar-refractivity contribution < 1.29 is 24.0 Å². The highest BCUT2D eigenvalue weighted by molar-refractivity contribution is 6.36. The minimum Gasteiger partial charge on any atom is -0.464 e. The van der Waals surface area contributed by atoms with Gasteiger partial charge in [-0.15, -0.1) is 0 Å². The van der Waals surface area contributed by atoms with Gasteiger partial charge in [0.15, 0.2) is 0 Å². The van der Waals surface area contributed by atoms with E-state index >= 15 is 0 Å². The molecule has 2 saturated heterocycles. The number of imide groups is 1. The number of nitrogens with zero attached hydrogens (tertiary/aromatic N) is 3. The zero-order chi connectivity index (χ0) is 26.0. The number of hydrogen-bond acceptors (Lipinski definition) is 7. The topological polar surface area (TPSA) is 110 Å². The molecule has 0 aromatic heterocycles. The first-order valence-electron chi connectivity index (χ1n) is 11.8. The quantitative estimate of drug-likeness (QED) is 0.219. The fourth-order valence-corrected chi connectivity index (χ4v) is 6.05. The van der Waals surface area contributed by atoms with Crippen molar-refractivity contribution >= 4 is 63.3 Å². The molecule has 3 heterocycles. The van der Waals surface area contributed by atoms with Crippen LogP contribution < -0.4 is 9.80 Å². The molecule has 0 N–H and O–H groups in total. The maximum absolute atomic E-state index is 13.8. The van der Waals surface area contributed by atoms with Crippen molar-refractivity contribution in [3.05, 3.63) is 81.4 Å². The first-order chi connectivity index (χ1) is 17.8. The highest BCUT2D eigenvalue weighted by Gasteiger charge is 2.65.